The van der Waals surface area contributed by atoms with E-state index in [9.17, 15) is 5.11 Å². The van der Waals surface area contributed by atoms with Crippen LogP contribution in [0.2, 0.25) is 0 Å². The smallest absolute Gasteiger partial charge is 0.0613 e. The lowest BCUT2D eigenvalue weighted by Gasteiger charge is -2.44. The number of ether oxygens (including phenoxy) is 1. The molecule has 2 unspecified atom stereocenters. The van der Waals surface area contributed by atoms with Gasteiger partial charge < -0.3 is 20.1 Å². The normalized spacial score (nSPS) is 29.2. The van der Waals surface area contributed by atoms with Gasteiger partial charge in [0.2, 0.25) is 0 Å². The molecular formula is C14H30N2O2. The maximum absolute atomic E-state index is 9.76. The summed E-state index contributed by atoms with van der Waals surface area (Å²) >= 11 is 0. The molecule has 108 valence electrons. The standard InChI is InChI=1S/C14H30N2O2/c1-12(2)15-14(11-17)7-5-6-13(10-14)16(3)8-9-18-4/h12-13,15,17H,5-11H2,1-4H3. The van der Waals surface area contributed by atoms with Gasteiger partial charge in [-0.3, -0.25) is 0 Å². The molecule has 0 bridgehead atoms. The van der Waals surface area contributed by atoms with E-state index in [-0.39, 0.29) is 12.1 Å². The van der Waals surface area contributed by atoms with Gasteiger partial charge in [-0.15, -0.1) is 0 Å². The number of hydrogen-bond donors (Lipinski definition) is 2. The fourth-order valence-corrected chi connectivity index (χ4v) is 3.06. The number of aliphatic hydroxyl groups is 1. The first-order chi connectivity index (χ1) is 8.53. The molecule has 0 aliphatic heterocycles. The van der Waals surface area contributed by atoms with Crippen LogP contribution in [-0.4, -0.2) is 61.5 Å². The van der Waals surface area contributed by atoms with Gasteiger partial charge in [0, 0.05) is 31.3 Å². The number of hydrogen-bond acceptors (Lipinski definition) is 4. The fraction of sp³-hybridized carbons (Fsp3) is 1.00. The van der Waals surface area contributed by atoms with Gasteiger partial charge in [0.15, 0.2) is 0 Å². The van der Waals surface area contributed by atoms with Crippen LogP contribution in [0.25, 0.3) is 0 Å². The predicted octanol–water partition coefficient (Wildman–Crippen LogP) is 1.24. The maximum atomic E-state index is 9.76. The Morgan fingerprint density at radius 2 is 2.22 bits per heavy atom. The lowest BCUT2D eigenvalue weighted by Crippen LogP contribution is -2.57. The van der Waals surface area contributed by atoms with E-state index >= 15 is 0 Å². The van der Waals surface area contributed by atoms with Gasteiger partial charge in [-0.1, -0.05) is 13.8 Å². The average Bonchev–Trinajstić information content (AvgIpc) is 2.35. The number of likely N-dealkylation sites (N-methyl/N-ethyl adjacent to an activating group) is 1. The third-order valence-corrected chi connectivity index (χ3v) is 3.99. The molecule has 0 radical (unpaired) electrons. The van der Waals surface area contributed by atoms with Crippen molar-refractivity contribution < 1.29 is 9.84 Å². The Morgan fingerprint density at radius 3 is 2.78 bits per heavy atom. The first-order valence-corrected chi connectivity index (χ1v) is 7.11. The van der Waals surface area contributed by atoms with Gasteiger partial charge in [0.25, 0.3) is 0 Å². The molecule has 1 aliphatic carbocycles. The minimum atomic E-state index is -0.0849. The van der Waals surface area contributed by atoms with E-state index in [2.05, 4.69) is 31.1 Å². The van der Waals surface area contributed by atoms with Crippen molar-refractivity contribution in [2.45, 2.75) is 57.2 Å². The first-order valence-electron chi connectivity index (χ1n) is 7.11. The molecule has 0 spiro atoms. The van der Waals surface area contributed by atoms with Crippen LogP contribution in [0, 0.1) is 0 Å². The number of nitrogens with zero attached hydrogens (tertiary/aromatic N) is 1. The predicted molar refractivity (Wildman–Crippen MR) is 74.9 cm³/mol. The zero-order valence-electron chi connectivity index (χ0n) is 12.4. The lowest BCUT2D eigenvalue weighted by molar-refractivity contribution is 0.0535. The van der Waals surface area contributed by atoms with E-state index in [4.69, 9.17) is 4.74 Å². The Labute approximate surface area is 112 Å². The molecule has 1 aliphatic rings. The second-order valence-electron chi connectivity index (χ2n) is 5.96. The molecule has 1 saturated carbocycles. The van der Waals surface area contributed by atoms with Crippen molar-refractivity contribution in [3.63, 3.8) is 0 Å². The van der Waals surface area contributed by atoms with E-state index in [1.165, 1.54) is 12.8 Å². The molecule has 0 aromatic heterocycles. The Bertz CT molecular complexity index is 236. The van der Waals surface area contributed by atoms with Crippen molar-refractivity contribution in [1.82, 2.24) is 10.2 Å². The minimum absolute atomic E-state index is 0.0849. The highest BCUT2D eigenvalue weighted by molar-refractivity contribution is 4.96. The van der Waals surface area contributed by atoms with Crippen molar-refractivity contribution in [3.8, 4) is 0 Å². The number of rotatable bonds is 7. The van der Waals surface area contributed by atoms with Gasteiger partial charge in [-0.25, -0.2) is 0 Å². The van der Waals surface area contributed by atoms with Gasteiger partial charge >= 0.3 is 0 Å². The van der Waals surface area contributed by atoms with Crippen molar-refractivity contribution in [3.05, 3.63) is 0 Å². The molecule has 0 amide bonds. The Balaban J connectivity index is 2.57. The molecule has 0 aromatic rings. The molecule has 4 nitrogen and oxygen atoms in total. The molecule has 0 aromatic carbocycles. The van der Waals surface area contributed by atoms with Crippen LogP contribution in [0.5, 0.6) is 0 Å². The van der Waals surface area contributed by atoms with Gasteiger partial charge in [-0.05, 0) is 32.7 Å². The van der Waals surface area contributed by atoms with E-state index in [0.717, 1.165) is 26.0 Å². The monoisotopic (exact) mass is 258 g/mol. The fourth-order valence-electron chi connectivity index (χ4n) is 3.06. The summed E-state index contributed by atoms with van der Waals surface area (Å²) in [5.41, 5.74) is -0.0849. The number of nitrogens with one attached hydrogen (secondary N) is 1. The lowest BCUT2D eigenvalue weighted by atomic mass is 9.78. The number of methoxy groups -OCH3 is 1. The quantitative estimate of drug-likeness (QED) is 0.721. The van der Waals surface area contributed by atoms with Crippen molar-refractivity contribution in [2.24, 2.45) is 0 Å². The Hall–Kier alpha value is -0.160. The maximum Gasteiger partial charge on any atom is 0.0613 e. The summed E-state index contributed by atoms with van der Waals surface area (Å²) < 4.78 is 5.14. The SMILES string of the molecule is COCCN(C)C1CCCC(CO)(NC(C)C)C1. The largest absolute Gasteiger partial charge is 0.394 e. The summed E-state index contributed by atoms with van der Waals surface area (Å²) in [7, 11) is 3.90. The Kier molecular flexibility index (Phi) is 6.57. The van der Waals surface area contributed by atoms with Crippen LogP contribution in [0.1, 0.15) is 39.5 Å². The molecule has 18 heavy (non-hydrogen) atoms. The van der Waals surface area contributed by atoms with Crippen LogP contribution in [0.4, 0.5) is 0 Å². The zero-order chi connectivity index (χ0) is 13.6. The van der Waals surface area contributed by atoms with E-state index in [0.29, 0.717) is 12.1 Å². The summed E-state index contributed by atoms with van der Waals surface area (Å²) in [5, 5.41) is 13.3. The Morgan fingerprint density at radius 1 is 1.50 bits per heavy atom. The highest BCUT2D eigenvalue weighted by Gasteiger charge is 2.37. The van der Waals surface area contributed by atoms with Crippen LogP contribution < -0.4 is 5.32 Å². The van der Waals surface area contributed by atoms with Crippen molar-refractivity contribution in [1.29, 1.82) is 0 Å². The minimum Gasteiger partial charge on any atom is -0.394 e. The van der Waals surface area contributed by atoms with E-state index in [1.54, 1.807) is 7.11 Å². The summed E-state index contributed by atoms with van der Waals surface area (Å²) in [4.78, 5) is 2.37. The molecule has 4 heteroatoms. The molecule has 2 atom stereocenters. The van der Waals surface area contributed by atoms with Crippen molar-refractivity contribution >= 4 is 0 Å². The molecule has 0 saturated heterocycles. The highest BCUT2D eigenvalue weighted by atomic mass is 16.5. The van der Waals surface area contributed by atoms with Crippen LogP contribution in [0.3, 0.4) is 0 Å². The molecule has 1 fully saturated rings. The summed E-state index contributed by atoms with van der Waals surface area (Å²) in [5.74, 6) is 0. The molecule has 2 N–H and O–H groups in total. The molecule has 1 rings (SSSR count). The second-order valence-corrected chi connectivity index (χ2v) is 5.96. The summed E-state index contributed by atoms with van der Waals surface area (Å²) in [6.07, 6.45) is 4.52. The third kappa shape index (κ3) is 4.50. The van der Waals surface area contributed by atoms with E-state index in [1.807, 2.05) is 0 Å². The zero-order valence-corrected chi connectivity index (χ0v) is 12.4. The summed E-state index contributed by atoms with van der Waals surface area (Å²) in [6.45, 7) is 6.27. The van der Waals surface area contributed by atoms with Crippen LogP contribution in [-0.2, 0) is 4.74 Å². The highest BCUT2D eigenvalue weighted by Crippen LogP contribution is 2.31. The number of aliphatic hydroxyl groups excluding tert-OH is 1. The third-order valence-electron chi connectivity index (χ3n) is 3.99. The van der Waals surface area contributed by atoms with Gasteiger partial charge in [0.1, 0.15) is 0 Å². The van der Waals surface area contributed by atoms with Crippen molar-refractivity contribution in [2.75, 3.05) is 33.9 Å². The van der Waals surface area contributed by atoms with Gasteiger partial charge in [0.05, 0.1) is 13.2 Å². The van der Waals surface area contributed by atoms with Crippen LogP contribution in [0.15, 0.2) is 0 Å². The van der Waals surface area contributed by atoms with Crippen LogP contribution >= 0.6 is 0 Å². The summed E-state index contributed by atoms with van der Waals surface area (Å²) in [6, 6.07) is 0.965. The average molecular weight is 258 g/mol. The second kappa shape index (κ2) is 7.43. The topological polar surface area (TPSA) is 44.7 Å². The first kappa shape index (κ1) is 15.9. The van der Waals surface area contributed by atoms with Gasteiger partial charge in [-0.2, -0.15) is 0 Å². The van der Waals surface area contributed by atoms with E-state index < -0.39 is 0 Å². The molecular weight excluding hydrogens is 228 g/mol. The molecule has 0 heterocycles.